The SMILES string of the molecule is Cl.Cn1c(COc2ccc(CCC(=O)O)c(OCc3ccc(Cl)cc3)c2)nc2ccc(OCCO)cc21. The number of carboxylic acid groups (broad SMARTS) is 1. The second-order valence-electron chi connectivity index (χ2n) is 8.18. The number of aromatic nitrogens is 2. The smallest absolute Gasteiger partial charge is 0.303 e. The minimum atomic E-state index is -0.870. The quantitative estimate of drug-likeness (QED) is 0.252. The zero-order valence-corrected chi connectivity index (χ0v) is 21.8. The lowest BCUT2D eigenvalue weighted by molar-refractivity contribution is -0.136. The van der Waals surface area contributed by atoms with Crippen LogP contribution in [0.25, 0.3) is 11.0 Å². The molecule has 0 aliphatic carbocycles. The molecular weight excluding hydrogens is 519 g/mol. The highest BCUT2D eigenvalue weighted by molar-refractivity contribution is 6.30. The molecule has 0 radical (unpaired) electrons. The van der Waals surface area contributed by atoms with Gasteiger partial charge in [-0.1, -0.05) is 29.8 Å². The zero-order chi connectivity index (χ0) is 25.5. The summed E-state index contributed by atoms with van der Waals surface area (Å²) < 4.78 is 19.5. The lowest BCUT2D eigenvalue weighted by atomic mass is 10.1. The number of ether oxygens (including phenoxy) is 3. The molecule has 0 spiro atoms. The van der Waals surface area contributed by atoms with E-state index in [2.05, 4.69) is 4.98 Å². The van der Waals surface area contributed by atoms with E-state index in [1.165, 1.54) is 0 Å². The predicted molar refractivity (Wildman–Crippen MR) is 143 cm³/mol. The van der Waals surface area contributed by atoms with Crippen molar-refractivity contribution in [1.82, 2.24) is 9.55 Å². The molecule has 0 unspecified atom stereocenters. The fourth-order valence-corrected chi connectivity index (χ4v) is 3.82. The van der Waals surface area contributed by atoms with Crippen LogP contribution >= 0.6 is 24.0 Å². The van der Waals surface area contributed by atoms with Gasteiger partial charge in [0.05, 0.1) is 17.6 Å². The fourth-order valence-electron chi connectivity index (χ4n) is 3.70. The molecule has 4 aromatic rings. The number of aliphatic hydroxyl groups is 1. The molecule has 0 bridgehead atoms. The normalized spacial score (nSPS) is 10.7. The number of imidazole rings is 1. The Hall–Kier alpha value is -3.46. The maximum Gasteiger partial charge on any atom is 0.303 e. The number of carbonyl (C=O) groups is 1. The molecule has 1 heterocycles. The second kappa shape index (κ2) is 13.2. The van der Waals surface area contributed by atoms with Crippen LogP contribution in [0.4, 0.5) is 0 Å². The Labute approximate surface area is 225 Å². The number of hydrogen-bond donors (Lipinski definition) is 2. The maximum atomic E-state index is 11.1. The van der Waals surface area contributed by atoms with Gasteiger partial charge in [0.2, 0.25) is 0 Å². The number of aliphatic hydroxyl groups excluding tert-OH is 1. The summed E-state index contributed by atoms with van der Waals surface area (Å²) in [6.07, 6.45) is 0.346. The van der Waals surface area contributed by atoms with Crippen LogP contribution in [0.3, 0.4) is 0 Å². The van der Waals surface area contributed by atoms with Crippen molar-refractivity contribution in [2.24, 2.45) is 7.05 Å². The lowest BCUT2D eigenvalue weighted by Crippen LogP contribution is -2.05. The molecule has 37 heavy (non-hydrogen) atoms. The van der Waals surface area contributed by atoms with Crippen molar-refractivity contribution < 1.29 is 29.2 Å². The van der Waals surface area contributed by atoms with E-state index in [9.17, 15) is 4.79 Å². The second-order valence-corrected chi connectivity index (χ2v) is 8.61. The maximum absolute atomic E-state index is 11.1. The summed E-state index contributed by atoms with van der Waals surface area (Å²) in [6, 6.07) is 18.3. The molecule has 8 nitrogen and oxygen atoms in total. The minimum absolute atomic E-state index is 0. The summed E-state index contributed by atoms with van der Waals surface area (Å²) in [4.78, 5) is 15.7. The molecule has 0 aliphatic heterocycles. The molecule has 0 aliphatic rings. The lowest BCUT2D eigenvalue weighted by Gasteiger charge is -2.14. The van der Waals surface area contributed by atoms with Gasteiger partial charge in [0, 0.05) is 30.6 Å². The average molecular weight is 547 g/mol. The summed E-state index contributed by atoms with van der Waals surface area (Å²) in [6.45, 7) is 0.711. The first-order valence-corrected chi connectivity index (χ1v) is 11.8. The number of benzene rings is 3. The highest BCUT2D eigenvalue weighted by Crippen LogP contribution is 2.28. The first kappa shape index (κ1) is 28.1. The van der Waals surface area contributed by atoms with Crippen molar-refractivity contribution in [2.75, 3.05) is 13.2 Å². The Bertz CT molecular complexity index is 1340. The summed E-state index contributed by atoms with van der Waals surface area (Å²) in [7, 11) is 1.90. The Kier molecular flexibility index (Phi) is 10.0. The van der Waals surface area contributed by atoms with Crippen molar-refractivity contribution in [2.45, 2.75) is 26.1 Å². The molecule has 1 aromatic heterocycles. The Morgan fingerprint density at radius 1 is 0.973 bits per heavy atom. The Morgan fingerprint density at radius 2 is 1.70 bits per heavy atom. The number of fused-ring (bicyclic) bond motifs is 1. The van der Waals surface area contributed by atoms with Crippen molar-refractivity contribution in [3.05, 3.63) is 82.6 Å². The first-order chi connectivity index (χ1) is 17.4. The van der Waals surface area contributed by atoms with Gasteiger partial charge < -0.3 is 29.0 Å². The Balaban J connectivity index is 0.00000380. The third kappa shape index (κ3) is 7.52. The van der Waals surface area contributed by atoms with Crippen LogP contribution in [0.2, 0.25) is 5.02 Å². The molecule has 2 N–H and O–H groups in total. The minimum Gasteiger partial charge on any atom is -0.491 e. The van der Waals surface area contributed by atoms with E-state index in [0.29, 0.717) is 35.3 Å². The topological polar surface area (TPSA) is 103 Å². The third-order valence-electron chi connectivity index (χ3n) is 5.63. The van der Waals surface area contributed by atoms with Gasteiger partial charge in [0.1, 0.15) is 42.9 Å². The first-order valence-electron chi connectivity index (χ1n) is 11.5. The molecule has 3 aromatic carbocycles. The fraction of sp³-hybridized carbons (Fsp3) is 0.259. The molecular formula is C27H28Cl2N2O6. The van der Waals surface area contributed by atoms with Gasteiger partial charge >= 0.3 is 5.97 Å². The van der Waals surface area contributed by atoms with Crippen molar-refractivity contribution >= 4 is 41.0 Å². The van der Waals surface area contributed by atoms with Crippen LogP contribution in [0, 0.1) is 0 Å². The molecule has 0 fully saturated rings. The molecule has 196 valence electrons. The van der Waals surface area contributed by atoms with E-state index in [-0.39, 0.29) is 38.6 Å². The van der Waals surface area contributed by atoms with Crippen molar-refractivity contribution in [1.29, 1.82) is 0 Å². The van der Waals surface area contributed by atoms with Gasteiger partial charge in [-0.25, -0.2) is 4.98 Å². The number of halogens is 2. The number of carboxylic acids is 1. The van der Waals surface area contributed by atoms with E-state index < -0.39 is 5.97 Å². The summed E-state index contributed by atoms with van der Waals surface area (Å²) in [5.74, 6) is 1.67. The molecule has 10 heteroatoms. The van der Waals surface area contributed by atoms with Crippen LogP contribution in [-0.4, -0.2) is 38.9 Å². The largest absolute Gasteiger partial charge is 0.491 e. The van der Waals surface area contributed by atoms with E-state index >= 15 is 0 Å². The van der Waals surface area contributed by atoms with Gasteiger partial charge in [-0.15, -0.1) is 12.4 Å². The highest BCUT2D eigenvalue weighted by atomic mass is 35.5. The van der Waals surface area contributed by atoms with E-state index in [1.807, 2.05) is 48.0 Å². The predicted octanol–water partition coefficient (Wildman–Crippen LogP) is 5.19. The molecule has 0 atom stereocenters. The number of aryl methyl sites for hydroxylation is 2. The van der Waals surface area contributed by atoms with Gasteiger partial charge in [-0.05, 0) is 47.9 Å². The van der Waals surface area contributed by atoms with Crippen LogP contribution in [0.5, 0.6) is 17.2 Å². The molecule has 4 rings (SSSR count). The number of nitrogens with zero attached hydrogens (tertiary/aromatic N) is 2. The monoisotopic (exact) mass is 546 g/mol. The van der Waals surface area contributed by atoms with E-state index in [4.69, 9.17) is 36.0 Å². The van der Waals surface area contributed by atoms with Gasteiger partial charge in [-0.2, -0.15) is 0 Å². The summed E-state index contributed by atoms with van der Waals surface area (Å²) in [5, 5.41) is 18.7. The van der Waals surface area contributed by atoms with Crippen molar-refractivity contribution in [3.8, 4) is 17.2 Å². The van der Waals surface area contributed by atoms with Gasteiger partial charge in [0.25, 0.3) is 0 Å². The summed E-state index contributed by atoms with van der Waals surface area (Å²) in [5.41, 5.74) is 3.43. The van der Waals surface area contributed by atoms with E-state index in [1.54, 1.807) is 24.3 Å². The number of aliphatic carboxylic acids is 1. The van der Waals surface area contributed by atoms with Gasteiger partial charge in [-0.3, -0.25) is 4.79 Å². The highest BCUT2D eigenvalue weighted by Gasteiger charge is 2.12. The zero-order valence-electron chi connectivity index (χ0n) is 20.2. The molecule has 0 amide bonds. The Morgan fingerprint density at radius 3 is 2.43 bits per heavy atom. The molecule has 0 saturated heterocycles. The standard InChI is InChI=1S/C27H27ClN2O6.ClH/c1-30-24-14-21(34-13-12-31)9-10-23(24)29-26(30)17-35-22-8-4-19(5-11-27(32)33)25(15-22)36-16-18-2-6-20(28)7-3-18;/h2-4,6-10,14-15,31H,5,11-13,16-17H2,1H3,(H,32,33);1H. The van der Waals surface area contributed by atoms with Crippen molar-refractivity contribution in [3.63, 3.8) is 0 Å². The van der Waals surface area contributed by atoms with Crippen LogP contribution in [0.15, 0.2) is 60.7 Å². The number of hydrogen-bond acceptors (Lipinski definition) is 6. The van der Waals surface area contributed by atoms with Crippen LogP contribution < -0.4 is 14.2 Å². The van der Waals surface area contributed by atoms with Crippen LogP contribution in [-0.2, 0) is 31.5 Å². The number of rotatable bonds is 12. The van der Waals surface area contributed by atoms with E-state index in [0.717, 1.165) is 28.0 Å². The van der Waals surface area contributed by atoms with Gasteiger partial charge in [0.15, 0.2) is 0 Å². The third-order valence-corrected chi connectivity index (χ3v) is 5.88. The molecule has 0 saturated carbocycles. The average Bonchev–Trinajstić information content (AvgIpc) is 3.19. The summed E-state index contributed by atoms with van der Waals surface area (Å²) >= 11 is 5.96. The van der Waals surface area contributed by atoms with Crippen LogP contribution in [0.1, 0.15) is 23.4 Å².